The minimum Gasteiger partial charge on any atom is -0.313 e. The Bertz CT molecular complexity index is 211. The standard InChI is InChI=1S/C12H20N2/c1-9(6-7-13)14-8-12(10-2-3-10)11-4-5-11/h9-12,14H,2-6,8H2,1H3. The zero-order valence-corrected chi connectivity index (χ0v) is 9.00. The van der Waals surface area contributed by atoms with E-state index < -0.39 is 0 Å². The molecule has 78 valence electrons. The highest BCUT2D eigenvalue weighted by molar-refractivity contribution is 4.93. The van der Waals surface area contributed by atoms with Crippen LogP contribution in [0.1, 0.15) is 39.0 Å². The van der Waals surface area contributed by atoms with Gasteiger partial charge < -0.3 is 5.32 Å². The van der Waals surface area contributed by atoms with Gasteiger partial charge in [0.2, 0.25) is 0 Å². The van der Waals surface area contributed by atoms with Crippen molar-refractivity contribution in [3.8, 4) is 6.07 Å². The van der Waals surface area contributed by atoms with Crippen molar-refractivity contribution in [2.75, 3.05) is 6.54 Å². The molecule has 2 aliphatic rings. The predicted molar refractivity (Wildman–Crippen MR) is 56.6 cm³/mol. The molecule has 0 aliphatic heterocycles. The smallest absolute Gasteiger partial charge is 0.0638 e. The first-order valence-corrected chi connectivity index (χ1v) is 5.91. The van der Waals surface area contributed by atoms with Gasteiger partial charge in [-0.1, -0.05) is 0 Å². The summed E-state index contributed by atoms with van der Waals surface area (Å²) in [5.41, 5.74) is 0. The molecule has 0 aromatic rings. The van der Waals surface area contributed by atoms with Crippen molar-refractivity contribution < 1.29 is 0 Å². The van der Waals surface area contributed by atoms with E-state index >= 15 is 0 Å². The molecule has 1 N–H and O–H groups in total. The fraction of sp³-hybridized carbons (Fsp3) is 0.917. The van der Waals surface area contributed by atoms with Gasteiger partial charge in [-0.3, -0.25) is 0 Å². The van der Waals surface area contributed by atoms with E-state index in [0.717, 1.165) is 24.3 Å². The zero-order valence-electron chi connectivity index (χ0n) is 9.00. The molecular weight excluding hydrogens is 172 g/mol. The van der Waals surface area contributed by atoms with Crippen LogP contribution in [0.15, 0.2) is 0 Å². The Morgan fingerprint density at radius 2 is 1.86 bits per heavy atom. The van der Waals surface area contributed by atoms with E-state index in [-0.39, 0.29) is 0 Å². The first-order valence-electron chi connectivity index (χ1n) is 5.91. The first kappa shape index (κ1) is 9.98. The summed E-state index contributed by atoms with van der Waals surface area (Å²) in [4.78, 5) is 0. The van der Waals surface area contributed by atoms with Gasteiger partial charge in [0.15, 0.2) is 0 Å². The van der Waals surface area contributed by atoms with Gasteiger partial charge in [-0.05, 0) is 56.9 Å². The van der Waals surface area contributed by atoms with Gasteiger partial charge in [-0.15, -0.1) is 0 Å². The Kier molecular flexibility index (Phi) is 3.08. The molecule has 2 nitrogen and oxygen atoms in total. The Morgan fingerprint density at radius 1 is 1.29 bits per heavy atom. The topological polar surface area (TPSA) is 35.8 Å². The van der Waals surface area contributed by atoms with Crippen LogP contribution in [0.4, 0.5) is 0 Å². The maximum Gasteiger partial charge on any atom is 0.0638 e. The Labute approximate surface area is 86.7 Å². The number of nitriles is 1. The summed E-state index contributed by atoms with van der Waals surface area (Å²) in [5.74, 6) is 2.96. The summed E-state index contributed by atoms with van der Waals surface area (Å²) in [7, 11) is 0. The number of nitrogens with one attached hydrogen (secondary N) is 1. The van der Waals surface area contributed by atoms with Gasteiger partial charge in [0.25, 0.3) is 0 Å². The van der Waals surface area contributed by atoms with Gasteiger partial charge >= 0.3 is 0 Å². The normalized spacial score (nSPS) is 23.5. The summed E-state index contributed by atoms with van der Waals surface area (Å²) < 4.78 is 0. The van der Waals surface area contributed by atoms with Crippen molar-refractivity contribution in [1.82, 2.24) is 5.32 Å². The molecule has 0 bridgehead atoms. The lowest BCUT2D eigenvalue weighted by Crippen LogP contribution is -2.32. The molecule has 0 aromatic carbocycles. The SMILES string of the molecule is CC(CC#N)NCC(C1CC1)C1CC1. The van der Waals surface area contributed by atoms with E-state index in [0.29, 0.717) is 12.5 Å². The average molecular weight is 192 g/mol. The molecule has 2 rings (SSSR count). The Morgan fingerprint density at radius 3 is 2.29 bits per heavy atom. The summed E-state index contributed by atoms with van der Waals surface area (Å²) >= 11 is 0. The van der Waals surface area contributed by atoms with E-state index in [1.54, 1.807) is 0 Å². The van der Waals surface area contributed by atoms with Gasteiger partial charge in [0.05, 0.1) is 12.5 Å². The Balaban J connectivity index is 1.69. The third-order valence-corrected chi connectivity index (χ3v) is 3.55. The lowest BCUT2D eigenvalue weighted by atomic mass is 9.97. The molecule has 0 amide bonds. The summed E-state index contributed by atoms with van der Waals surface area (Å²) in [6.07, 6.45) is 6.46. The van der Waals surface area contributed by atoms with E-state index in [4.69, 9.17) is 5.26 Å². The molecule has 2 aliphatic carbocycles. The van der Waals surface area contributed by atoms with Gasteiger partial charge in [0.1, 0.15) is 0 Å². The van der Waals surface area contributed by atoms with E-state index in [1.807, 2.05) is 0 Å². The van der Waals surface area contributed by atoms with E-state index in [1.165, 1.54) is 25.7 Å². The van der Waals surface area contributed by atoms with Crippen LogP contribution in [-0.2, 0) is 0 Å². The minimum atomic E-state index is 0.375. The van der Waals surface area contributed by atoms with E-state index in [2.05, 4.69) is 18.3 Å². The quantitative estimate of drug-likeness (QED) is 0.701. The highest BCUT2D eigenvalue weighted by atomic mass is 14.9. The third kappa shape index (κ3) is 2.72. The van der Waals surface area contributed by atoms with Crippen molar-refractivity contribution >= 4 is 0 Å². The second kappa shape index (κ2) is 4.31. The van der Waals surface area contributed by atoms with Crippen LogP contribution in [0.5, 0.6) is 0 Å². The largest absolute Gasteiger partial charge is 0.313 e. The third-order valence-electron chi connectivity index (χ3n) is 3.55. The second-order valence-corrected chi connectivity index (χ2v) is 5.01. The highest BCUT2D eigenvalue weighted by Crippen LogP contribution is 2.48. The number of nitrogens with zero attached hydrogens (tertiary/aromatic N) is 1. The molecule has 2 fully saturated rings. The van der Waals surface area contributed by atoms with Crippen molar-refractivity contribution in [3.05, 3.63) is 0 Å². The van der Waals surface area contributed by atoms with Crippen LogP contribution in [0.2, 0.25) is 0 Å². The van der Waals surface area contributed by atoms with Crippen LogP contribution < -0.4 is 5.32 Å². The van der Waals surface area contributed by atoms with Crippen LogP contribution in [0.25, 0.3) is 0 Å². The van der Waals surface area contributed by atoms with Crippen molar-refractivity contribution in [1.29, 1.82) is 5.26 Å². The number of hydrogen-bond acceptors (Lipinski definition) is 2. The monoisotopic (exact) mass is 192 g/mol. The molecule has 2 heteroatoms. The highest BCUT2D eigenvalue weighted by Gasteiger charge is 2.40. The number of hydrogen-bond donors (Lipinski definition) is 1. The van der Waals surface area contributed by atoms with E-state index in [9.17, 15) is 0 Å². The van der Waals surface area contributed by atoms with Crippen LogP contribution in [0.3, 0.4) is 0 Å². The average Bonchev–Trinajstić information content (AvgIpc) is 3.01. The molecule has 1 unspecified atom stereocenters. The molecule has 0 spiro atoms. The van der Waals surface area contributed by atoms with Crippen LogP contribution in [0, 0.1) is 29.1 Å². The summed E-state index contributed by atoms with van der Waals surface area (Å²) in [5, 5.41) is 12.1. The van der Waals surface area contributed by atoms with Gasteiger partial charge in [-0.2, -0.15) is 5.26 Å². The van der Waals surface area contributed by atoms with Gasteiger partial charge in [0, 0.05) is 6.04 Å². The van der Waals surface area contributed by atoms with Crippen molar-refractivity contribution in [2.24, 2.45) is 17.8 Å². The lowest BCUT2D eigenvalue weighted by molar-refractivity contribution is 0.361. The fourth-order valence-corrected chi connectivity index (χ4v) is 2.31. The van der Waals surface area contributed by atoms with Crippen LogP contribution >= 0.6 is 0 Å². The molecule has 0 heterocycles. The predicted octanol–water partition coefficient (Wildman–Crippen LogP) is 2.31. The van der Waals surface area contributed by atoms with Crippen LogP contribution in [-0.4, -0.2) is 12.6 Å². The fourth-order valence-electron chi connectivity index (χ4n) is 2.31. The molecular formula is C12H20N2. The minimum absolute atomic E-state index is 0.375. The zero-order chi connectivity index (χ0) is 9.97. The van der Waals surface area contributed by atoms with Crippen molar-refractivity contribution in [3.63, 3.8) is 0 Å². The maximum absolute atomic E-state index is 8.55. The number of rotatable bonds is 6. The second-order valence-electron chi connectivity index (χ2n) is 5.01. The maximum atomic E-state index is 8.55. The molecule has 1 atom stereocenters. The summed E-state index contributed by atoms with van der Waals surface area (Å²) in [6.45, 7) is 3.26. The lowest BCUT2D eigenvalue weighted by Gasteiger charge is -2.18. The Hall–Kier alpha value is -0.550. The molecule has 0 aromatic heterocycles. The molecule has 0 saturated heterocycles. The molecule has 2 saturated carbocycles. The molecule has 14 heavy (non-hydrogen) atoms. The van der Waals surface area contributed by atoms with Gasteiger partial charge in [-0.25, -0.2) is 0 Å². The molecule has 0 radical (unpaired) electrons. The van der Waals surface area contributed by atoms with Crippen molar-refractivity contribution in [2.45, 2.75) is 45.1 Å². The first-order chi connectivity index (χ1) is 6.81. The summed E-state index contributed by atoms with van der Waals surface area (Å²) in [6, 6.07) is 2.59.